The van der Waals surface area contributed by atoms with Crippen molar-refractivity contribution in [3.05, 3.63) is 206 Å². The summed E-state index contributed by atoms with van der Waals surface area (Å²) in [6.07, 6.45) is 0. The minimum atomic E-state index is 0.874. The van der Waals surface area contributed by atoms with Crippen LogP contribution in [0, 0.1) is 0 Å². The van der Waals surface area contributed by atoms with Crippen LogP contribution >= 0.6 is 11.3 Å². The van der Waals surface area contributed by atoms with Crippen molar-refractivity contribution in [3.8, 4) is 11.1 Å². The van der Waals surface area contributed by atoms with E-state index < -0.39 is 0 Å². The smallest absolute Gasteiger partial charge is 0.137 e. The molecule has 0 atom stereocenters. The molecule has 0 saturated carbocycles. The Hall–Kier alpha value is -7.14. The van der Waals surface area contributed by atoms with Gasteiger partial charge in [0.1, 0.15) is 11.2 Å². The fourth-order valence-electron chi connectivity index (χ4n) is 8.32. The lowest BCUT2D eigenvalue weighted by Crippen LogP contribution is -2.11. The molecule has 2 aromatic heterocycles. The van der Waals surface area contributed by atoms with Gasteiger partial charge in [-0.05, 0) is 101 Å². The van der Waals surface area contributed by atoms with Crippen LogP contribution in [0.15, 0.2) is 211 Å². The van der Waals surface area contributed by atoms with Crippen molar-refractivity contribution in [2.24, 2.45) is 0 Å². The second-order valence-corrected chi connectivity index (χ2v) is 15.2. The van der Waals surface area contributed by atoms with Crippen molar-refractivity contribution in [1.82, 2.24) is 0 Å². The highest BCUT2D eigenvalue weighted by molar-refractivity contribution is 7.25. The molecule has 0 spiro atoms. The van der Waals surface area contributed by atoms with Gasteiger partial charge in [-0.2, -0.15) is 0 Å². The van der Waals surface area contributed by atoms with Gasteiger partial charge in [-0.25, -0.2) is 0 Å². The Kier molecular flexibility index (Phi) is 7.68. The summed E-state index contributed by atoms with van der Waals surface area (Å²) in [5, 5.41) is 7.16. The molecular formula is C52H34N2OS. The van der Waals surface area contributed by atoms with Crippen LogP contribution in [-0.2, 0) is 0 Å². The molecule has 9 aromatic carbocycles. The van der Waals surface area contributed by atoms with Crippen LogP contribution in [0.25, 0.3) is 64.0 Å². The van der Waals surface area contributed by atoms with Gasteiger partial charge in [0.05, 0.1) is 16.8 Å². The van der Waals surface area contributed by atoms with E-state index in [9.17, 15) is 0 Å². The lowest BCUT2D eigenvalue weighted by atomic mass is 9.95. The van der Waals surface area contributed by atoms with Gasteiger partial charge in [0.25, 0.3) is 0 Å². The maximum Gasteiger partial charge on any atom is 0.137 e. The fraction of sp³-hybridized carbons (Fsp3) is 0. The normalized spacial score (nSPS) is 11.6. The number of para-hydroxylation sites is 3. The first kappa shape index (κ1) is 32.3. The van der Waals surface area contributed by atoms with Crippen molar-refractivity contribution in [3.63, 3.8) is 0 Å². The number of thiophene rings is 1. The zero-order valence-corrected chi connectivity index (χ0v) is 31.2. The Labute approximate surface area is 328 Å². The molecule has 0 N–H and O–H groups in total. The highest BCUT2D eigenvalue weighted by Crippen LogP contribution is 2.47. The number of nitrogens with zero attached hydrogens (tertiary/aromatic N) is 2. The lowest BCUT2D eigenvalue weighted by molar-refractivity contribution is 0.669. The lowest BCUT2D eigenvalue weighted by Gasteiger charge is -2.28. The van der Waals surface area contributed by atoms with Crippen LogP contribution in [0.4, 0.5) is 34.1 Å². The second kappa shape index (κ2) is 13.3. The fourth-order valence-corrected chi connectivity index (χ4v) is 9.41. The van der Waals surface area contributed by atoms with Crippen LogP contribution in [0.5, 0.6) is 0 Å². The molecule has 264 valence electrons. The van der Waals surface area contributed by atoms with Crippen molar-refractivity contribution < 1.29 is 4.42 Å². The number of fused-ring (bicyclic) bond motifs is 7. The van der Waals surface area contributed by atoms with Gasteiger partial charge in [-0.1, -0.05) is 121 Å². The Morgan fingerprint density at radius 2 is 0.929 bits per heavy atom. The Balaban J connectivity index is 1.04. The molecule has 0 radical (unpaired) electrons. The highest BCUT2D eigenvalue weighted by Gasteiger charge is 2.22. The van der Waals surface area contributed by atoms with Gasteiger partial charge in [-0.15, -0.1) is 11.3 Å². The third-order valence-electron chi connectivity index (χ3n) is 10.8. The summed E-state index contributed by atoms with van der Waals surface area (Å²) in [7, 11) is 0. The number of furan rings is 1. The van der Waals surface area contributed by atoms with Gasteiger partial charge in [0, 0.05) is 53.7 Å². The molecule has 0 aliphatic heterocycles. The molecule has 0 aliphatic carbocycles. The third kappa shape index (κ3) is 5.34. The molecule has 0 unspecified atom stereocenters. The summed E-state index contributed by atoms with van der Waals surface area (Å²) in [6.45, 7) is 0. The van der Waals surface area contributed by atoms with E-state index in [0.717, 1.165) is 61.6 Å². The van der Waals surface area contributed by atoms with Gasteiger partial charge >= 0.3 is 0 Å². The van der Waals surface area contributed by atoms with Crippen molar-refractivity contribution in [2.45, 2.75) is 0 Å². The number of hydrogen-bond acceptors (Lipinski definition) is 4. The summed E-state index contributed by atoms with van der Waals surface area (Å²) in [5.41, 5.74) is 10.7. The predicted octanol–water partition coefficient (Wildman–Crippen LogP) is 15.7. The maximum atomic E-state index is 6.36. The largest absolute Gasteiger partial charge is 0.456 e. The average Bonchev–Trinajstić information content (AvgIpc) is 3.84. The SMILES string of the molecule is c1ccc(N(c2ccc(-c3ccc(N(c4ccccc4)c4cccc5oc6ccccc6c45)c4ccccc34)cc2)c2ccc3sc4ccccc4c3c2)cc1. The molecule has 11 rings (SSSR count). The van der Waals surface area contributed by atoms with Gasteiger partial charge in [0.15, 0.2) is 0 Å². The Bertz CT molecular complexity index is 3200. The number of benzene rings is 9. The number of anilines is 6. The maximum absolute atomic E-state index is 6.36. The first-order chi connectivity index (χ1) is 27.8. The molecule has 0 aliphatic rings. The first-order valence-corrected chi connectivity index (χ1v) is 19.7. The second-order valence-electron chi connectivity index (χ2n) is 14.1. The molecule has 0 fully saturated rings. The summed E-state index contributed by atoms with van der Waals surface area (Å²) in [4.78, 5) is 4.74. The van der Waals surface area contributed by atoms with Crippen molar-refractivity contribution >= 4 is 98.3 Å². The van der Waals surface area contributed by atoms with E-state index in [1.807, 2.05) is 23.5 Å². The highest BCUT2D eigenvalue weighted by atomic mass is 32.1. The molecule has 3 nitrogen and oxygen atoms in total. The average molecular weight is 735 g/mol. The Morgan fingerprint density at radius 3 is 1.71 bits per heavy atom. The van der Waals surface area contributed by atoms with Crippen LogP contribution in [0.1, 0.15) is 0 Å². The van der Waals surface area contributed by atoms with Gasteiger partial charge in [0.2, 0.25) is 0 Å². The molecule has 56 heavy (non-hydrogen) atoms. The summed E-state index contributed by atoms with van der Waals surface area (Å²) < 4.78 is 8.98. The molecule has 0 saturated heterocycles. The molecule has 0 amide bonds. The third-order valence-corrected chi connectivity index (χ3v) is 12.0. The van der Waals surface area contributed by atoms with E-state index in [2.05, 4.69) is 204 Å². The predicted molar refractivity (Wildman–Crippen MR) is 239 cm³/mol. The van der Waals surface area contributed by atoms with Crippen molar-refractivity contribution in [2.75, 3.05) is 9.80 Å². The van der Waals surface area contributed by atoms with Gasteiger partial charge in [-0.3, -0.25) is 0 Å². The minimum absolute atomic E-state index is 0.874. The van der Waals surface area contributed by atoms with E-state index in [0.29, 0.717) is 0 Å². The van der Waals surface area contributed by atoms with E-state index in [1.165, 1.54) is 36.5 Å². The number of rotatable bonds is 7. The van der Waals surface area contributed by atoms with Crippen LogP contribution in [0.3, 0.4) is 0 Å². The molecule has 11 aromatic rings. The molecule has 4 heteroatoms. The summed E-state index contributed by atoms with van der Waals surface area (Å²) >= 11 is 1.85. The standard InChI is InChI=1S/C52H34N2OS/c1-3-14-36(15-4-1)53(39-30-33-51-45(34-39)43-20-10-12-25-50(43)56-51)38-28-26-35(27-29-38)40-31-32-46(42-19-8-7-18-41(40)42)54(37-16-5-2-6-17-37)47-22-13-24-49-52(47)44-21-9-11-23-48(44)55-49/h1-34H. The molecule has 0 bridgehead atoms. The zero-order chi connectivity index (χ0) is 37.0. The zero-order valence-electron chi connectivity index (χ0n) is 30.3. The van der Waals surface area contributed by atoms with E-state index in [-0.39, 0.29) is 0 Å². The molecular weight excluding hydrogens is 701 g/mol. The quantitative estimate of drug-likeness (QED) is 0.163. The van der Waals surface area contributed by atoms with Crippen molar-refractivity contribution in [1.29, 1.82) is 0 Å². The van der Waals surface area contributed by atoms with E-state index in [1.54, 1.807) is 0 Å². The van der Waals surface area contributed by atoms with E-state index >= 15 is 0 Å². The molecule has 2 heterocycles. The van der Waals surface area contributed by atoms with Crippen LogP contribution < -0.4 is 9.80 Å². The summed E-state index contributed by atoms with van der Waals surface area (Å²) in [5.74, 6) is 0. The van der Waals surface area contributed by atoms with E-state index in [4.69, 9.17) is 4.42 Å². The van der Waals surface area contributed by atoms with Gasteiger partial charge < -0.3 is 14.2 Å². The topological polar surface area (TPSA) is 19.6 Å². The van der Waals surface area contributed by atoms with Crippen LogP contribution in [0.2, 0.25) is 0 Å². The first-order valence-electron chi connectivity index (χ1n) is 18.9. The minimum Gasteiger partial charge on any atom is -0.456 e. The summed E-state index contributed by atoms with van der Waals surface area (Å²) in [6, 6.07) is 73.9. The Morgan fingerprint density at radius 1 is 0.339 bits per heavy atom. The van der Waals surface area contributed by atoms with Crippen LogP contribution in [-0.4, -0.2) is 0 Å². The number of hydrogen-bond donors (Lipinski definition) is 0. The monoisotopic (exact) mass is 734 g/mol.